The van der Waals surface area contributed by atoms with E-state index in [1.807, 2.05) is 36.6 Å². The number of halogens is 1. The second kappa shape index (κ2) is 7.20. The summed E-state index contributed by atoms with van der Waals surface area (Å²) < 4.78 is 5.29. The third-order valence-corrected chi connectivity index (χ3v) is 3.44. The highest BCUT2D eigenvalue weighted by Gasteiger charge is 2.04. The van der Waals surface area contributed by atoms with Crippen LogP contribution in [0.2, 0.25) is 5.02 Å². The Balaban J connectivity index is 1.60. The Morgan fingerprint density at radius 2 is 1.86 bits per heavy atom. The van der Waals surface area contributed by atoms with E-state index in [0.29, 0.717) is 10.8 Å². The number of ether oxygens (including phenoxy) is 1. The maximum absolute atomic E-state index is 5.86. The predicted molar refractivity (Wildman–Crippen MR) is 84.7 cm³/mol. The second-order valence-electron chi connectivity index (χ2n) is 4.76. The molecule has 1 aromatic carbocycles. The summed E-state index contributed by atoms with van der Waals surface area (Å²) in [6.45, 7) is 3.42. The number of hydrogen-bond acceptors (Lipinski definition) is 5. The van der Waals surface area contributed by atoms with Gasteiger partial charge in [0.1, 0.15) is 0 Å². The summed E-state index contributed by atoms with van der Waals surface area (Å²) in [5.74, 6) is 0.557. The van der Waals surface area contributed by atoms with E-state index in [4.69, 9.17) is 16.3 Å². The van der Waals surface area contributed by atoms with Crippen LogP contribution in [0.3, 0.4) is 0 Å². The molecular weight excluding hydrogens is 302 g/mol. The lowest BCUT2D eigenvalue weighted by molar-refractivity contribution is 0.0594. The van der Waals surface area contributed by atoms with E-state index in [0.717, 1.165) is 32.0 Å². The van der Waals surface area contributed by atoms with Gasteiger partial charge in [0.15, 0.2) is 5.82 Å². The lowest BCUT2D eigenvalue weighted by atomic mass is 10.3. The van der Waals surface area contributed by atoms with Gasteiger partial charge in [-0.15, -0.1) is 15.0 Å². The Kier molecular flexibility index (Phi) is 4.82. The van der Waals surface area contributed by atoms with Crippen LogP contribution in [0.5, 0.6) is 0 Å². The molecule has 1 aromatic heterocycles. The Labute approximate surface area is 133 Å². The molecule has 1 fully saturated rings. The van der Waals surface area contributed by atoms with E-state index in [1.165, 1.54) is 4.80 Å². The minimum absolute atomic E-state index is 0.557. The lowest BCUT2D eigenvalue weighted by Crippen LogP contribution is -2.31. The summed E-state index contributed by atoms with van der Waals surface area (Å²) in [6.07, 6.45) is 7.73. The van der Waals surface area contributed by atoms with Crippen LogP contribution in [0.4, 0.5) is 0 Å². The van der Waals surface area contributed by atoms with Crippen LogP contribution in [-0.2, 0) is 4.74 Å². The van der Waals surface area contributed by atoms with Crippen LogP contribution in [0, 0.1) is 0 Å². The van der Waals surface area contributed by atoms with Gasteiger partial charge in [-0.05, 0) is 47.8 Å². The smallest absolute Gasteiger partial charge is 0.198 e. The van der Waals surface area contributed by atoms with Crippen LogP contribution in [-0.4, -0.2) is 51.4 Å². The molecule has 0 N–H and O–H groups in total. The Morgan fingerprint density at radius 3 is 2.64 bits per heavy atom. The lowest BCUT2D eigenvalue weighted by Gasteiger charge is -2.24. The van der Waals surface area contributed by atoms with E-state index in [2.05, 4.69) is 20.3 Å². The van der Waals surface area contributed by atoms with Gasteiger partial charge in [-0.1, -0.05) is 17.7 Å². The van der Waals surface area contributed by atoms with Crippen molar-refractivity contribution >= 4 is 17.7 Å². The van der Waals surface area contributed by atoms with Crippen LogP contribution >= 0.6 is 11.6 Å². The molecule has 7 heteroatoms. The molecular formula is C15H16ClN5O. The van der Waals surface area contributed by atoms with Crippen molar-refractivity contribution in [2.45, 2.75) is 0 Å². The number of morpholine rings is 1. The maximum Gasteiger partial charge on any atom is 0.198 e. The van der Waals surface area contributed by atoms with Crippen molar-refractivity contribution in [1.29, 1.82) is 0 Å². The van der Waals surface area contributed by atoms with Gasteiger partial charge in [0, 0.05) is 18.1 Å². The molecule has 1 aliphatic heterocycles. The topological polar surface area (TPSA) is 56.1 Å². The highest BCUT2D eigenvalue weighted by Crippen LogP contribution is 2.11. The second-order valence-corrected chi connectivity index (χ2v) is 5.20. The number of aromatic nitrogens is 4. The Hall–Kier alpha value is -2.18. The molecule has 2 aromatic rings. The average Bonchev–Trinajstić information content (AvgIpc) is 3.02. The number of nitrogens with zero attached hydrogens (tertiary/aromatic N) is 5. The third-order valence-electron chi connectivity index (χ3n) is 3.19. The minimum atomic E-state index is 0.557. The van der Waals surface area contributed by atoms with E-state index >= 15 is 0 Å². The van der Waals surface area contributed by atoms with Crippen molar-refractivity contribution in [2.75, 3.05) is 26.3 Å². The highest BCUT2D eigenvalue weighted by molar-refractivity contribution is 6.30. The van der Waals surface area contributed by atoms with Crippen LogP contribution in [0.15, 0.2) is 42.6 Å². The van der Waals surface area contributed by atoms with E-state index in [1.54, 1.807) is 12.1 Å². The van der Waals surface area contributed by atoms with Gasteiger partial charge in [0.05, 0.1) is 18.9 Å². The molecule has 0 atom stereocenters. The number of benzene rings is 1. The van der Waals surface area contributed by atoms with Crippen LogP contribution < -0.4 is 0 Å². The Morgan fingerprint density at radius 1 is 1.09 bits per heavy atom. The summed E-state index contributed by atoms with van der Waals surface area (Å²) >= 11 is 5.86. The summed E-state index contributed by atoms with van der Waals surface area (Å²) in [7, 11) is 0. The van der Waals surface area contributed by atoms with Gasteiger partial charge >= 0.3 is 0 Å². The van der Waals surface area contributed by atoms with E-state index in [9.17, 15) is 0 Å². The zero-order valence-electron chi connectivity index (χ0n) is 12.0. The molecule has 3 rings (SSSR count). The molecule has 0 spiro atoms. The van der Waals surface area contributed by atoms with Gasteiger partial charge in [0.25, 0.3) is 0 Å². The van der Waals surface area contributed by atoms with Gasteiger partial charge in [-0.2, -0.15) is 0 Å². The zero-order valence-corrected chi connectivity index (χ0v) is 12.7. The number of allylic oxidation sites excluding steroid dienone is 2. The van der Waals surface area contributed by atoms with Crippen molar-refractivity contribution in [3.05, 3.63) is 53.5 Å². The number of rotatable bonds is 4. The molecule has 0 radical (unpaired) electrons. The molecule has 0 amide bonds. The van der Waals surface area contributed by atoms with Crippen molar-refractivity contribution < 1.29 is 4.74 Å². The predicted octanol–water partition coefficient (Wildman–Crippen LogP) is 2.17. The van der Waals surface area contributed by atoms with Gasteiger partial charge in [0.2, 0.25) is 0 Å². The number of hydrogen-bond donors (Lipinski definition) is 0. The molecule has 0 unspecified atom stereocenters. The third kappa shape index (κ3) is 3.93. The zero-order chi connectivity index (χ0) is 15.2. The molecule has 0 bridgehead atoms. The fourth-order valence-electron chi connectivity index (χ4n) is 2.02. The van der Waals surface area contributed by atoms with Crippen molar-refractivity contribution in [3.8, 4) is 5.69 Å². The van der Waals surface area contributed by atoms with Crippen LogP contribution in [0.1, 0.15) is 5.82 Å². The first-order chi connectivity index (χ1) is 10.8. The summed E-state index contributed by atoms with van der Waals surface area (Å²) in [4.78, 5) is 3.69. The quantitative estimate of drug-likeness (QED) is 0.809. The van der Waals surface area contributed by atoms with Crippen molar-refractivity contribution in [2.24, 2.45) is 0 Å². The van der Waals surface area contributed by atoms with E-state index in [-0.39, 0.29) is 0 Å². The summed E-state index contributed by atoms with van der Waals surface area (Å²) in [5, 5.41) is 13.0. The van der Waals surface area contributed by atoms with Gasteiger partial charge < -0.3 is 9.64 Å². The molecule has 114 valence electrons. The first-order valence-electron chi connectivity index (χ1n) is 7.04. The normalized spacial score (nSPS) is 16.0. The summed E-state index contributed by atoms with van der Waals surface area (Å²) in [5.41, 5.74) is 0.820. The molecule has 1 saturated heterocycles. The Bertz CT molecular complexity index is 659. The maximum atomic E-state index is 5.86. The molecule has 0 saturated carbocycles. The van der Waals surface area contributed by atoms with Gasteiger partial charge in [-0.25, -0.2) is 0 Å². The van der Waals surface area contributed by atoms with E-state index < -0.39 is 0 Å². The first-order valence-corrected chi connectivity index (χ1v) is 7.42. The fraction of sp³-hybridized carbons (Fsp3) is 0.267. The van der Waals surface area contributed by atoms with Crippen molar-refractivity contribution in [3.63, 3.8) is 0 Å². The molecule has 22 heavy (non-hydrogen) atoms. The van der Waals surface area contributed by atoms with Gasteiger partial charge in [-0.3, -0.25) is 0 Å². The fourth-order valence-corrected chi connectivity index (χ4v) is 2.14. The van der Waals surface area contributed by atoms with Crippen molar-refractivity contribution in [1.82, 2.24) is 25.1 Å². The highest BCUT2D eigenvalue weighted by atomic mass is 35.5. The standard InChI is InChI=1S/C15H16ClN5O/c16-13-4-6-14(7-5-13)21-18-15(17-19-21)3-1-2-8-20-9-11-22-12-10-20/h1-8H,9-12H2. The largest absolute Gasteiger partial charge is 0.378 e. The monoisotopic (exact) mass is 317 g/mol. The molecule has 6 nitrogen and oxygen atoms in total. The first kappa shape index (κ1) is 14.7. The van der Waals surface area contributed by atoms with Crippen LogP contribution in [0.25, 0.3) is 11.8 Å². The summed E-state index contributed by atoms with van der Waals surface area (Å²) in [6, 6.07) is 7.27. The minimum Gasteiger partial charge on any atom is -0.378 e. The molecule has 0 aliphatic carbocycles. The SMILES string of the molecule is Clc1ccc(-n2nnc(C=CC=CN3CCOCC3)n2)cc1. The molecule has 2 heterocycles. The molecule has 1 aliphatic rings. The number of tetrazole rings is 1. The average molecular weight is 318 g/mol.